The zero-order valence-electron chi connectivity index (χ0n) is 90.5. The van der Waals surface area contributed by atoms with Crippen LogP contribution in [0.2, 0.25) is 0 Å². The van der Waals surface area contributed by atoms with Gasteiger partial charge in [0.15, 0.2) is 0 Å². The maximum atomic E-state index is 6.21. The molecule has 5 aliphatic heterocycles. The average Bonchev–Trinajstić information content (AvgIpc) is 1.59. The standard InChI is InChI=1S/C24H29BN2O2.C20H27BN2O2.C18H25BN2O2.C18H17BrN2.C14H15BrN2.C12H24B2O4.C12H13BrN2/c1-23(2)24(3,4)29-25(28-23)20-12-11-17-13-19(10-9-18(17)14-20)21-15-26-22(27-21)16-7-5-6-8-16;1-19(2)20(3,4)25-21(24-19)16-11-9-14(10-12-16)17-13-22-18(23-17)15-7-5-6-8-15;1-17(2)18(3,4)23-19(22-17)13-9-10-14-15(11-13)21-16(20-14)12-7-5-6-8-12;19-16-8-7-13-9-15(6-5-14(13)10-16)17-11-20-18(21-17)12-3-1-2-4-12;15-12-7-5-10(6-8-12)13-9-16-14(17-13)11-3-1-2-4-11;1-9(2)10(3,4)16-13(15-9)14-17-11(5,6)12(7,8)18-14;13-9-5-6-10-11(7-9)15-12(14-10)8-3-1-2-4-8/h9-16H,5-8H2,1-4H3,(H,26,27);9-13,15H,5-8H2,1-4H3,(H,22,23);9-12H,5-8H2,1-4H3,(H,20,21);5-12H,1-4H2,(H,20,21);5-9,11H,1-4H2,(H,16,17);1-8H3;5-8H,1-4H2,(H,14,15). The van der Waals surface area contributed by atoms with E-state index in [1.54, 1.807) is 0 Å². The van der Waals surface area contributed by atoms with E-state index in [0.717, 1.165) is 97.7 Å². The Kier molecular flexibility index (Phi) is 31.9. The lowest BCUT2D eigenvalue weighted by atomic mass is 9.49. The van der Waals surface area contributed by atoms with E-state index < -0.39 is 14.0 Å². The topological polar surface area (TPSA) is 264 Å². The first-order valence-corrected chi connectivity index (χ1v) is 57.0. The van der Waals surface area contributed by atoms with Crippen LogP contribution in [-0.4, -0.2) is 151 Å². The van der Waals surface area contributed by atoms with Crippen LogP contribution in [0.4, 0.5) is 0 Å². The number of aromatic amines is 6. The summed E-state index contributed by atoms with van der Waals surface area (Å²) in [6.45, 7) is 41.2. The van der Waals surface area contributed by atoms with Gasteiger partial charge in [0.2, 0.25) is 0 Å². The molecule has 22 nitrogen and oxygen atoms in total. The molecule has 0 unspecified atom stereocenters. The fourth-order valence-corrected chi connectivity index (χ4v) is 22.9. The molecular formula is C118H150B5Br3N12O10. The van der Waals surface area contributed by atoms with Crippen LogP contribution in [0.15, 0.2) is 196 Å². The van der Waals surface area contributed by atoms with E-state index in [-0.39, 0.29) is 77.4 Å². The Morgan fingerprint density at radius 3 is 0.824 bits per heavy atom. The summed E-state index contributed by atoms with van der Waals surface area (Å²) >= 11 is 10.4. The van der Waals surface area contributed by atoms with Crippen molar-refractivity contribution in [1.82, 2.24) is 59.8 Å². The number of H-pyrrole nitrogens is 6. The quantitative estimate of drug-likeness (QED) is 0.0553. The number of imidazole rings is 6. The average molecular weight is 2190 g/mol. The largest absolute Gasteiger partial charge is 0.494 e. The molecule has 6 aliphatic carbocycles. The van der Waals surface area contributed by atoms with E-state index in [4.69, 9.17) is 51.5 Å². The molecule has 25 rings (SSSR count). The number of rotatable bonds is 14. The number of halogens is 3. The molecule has 30 heteroatoms. The highest BCUT2D eigenvalue weighted by atomic mass is 79.9. The summed E-state index contributed by atoms with van der Waals surface area (Å²) in [7, 11) is -1.91. The number of fused-ring (bicyclic) bond motifs is 4. The van der Waals surface area contributed by atoms with Gasteiger partial charge in [0.05, 0.1) is 126 Å². The smallest absolute Gasteiger partial charge is 0.405 e. The van der Waals surface area contributed by atoms with Gasteiger partial charge in [-0.2, -0.15) is 0 Å². The van der Waals surface area contributed by atoms with Crippen molar-refractivity contribution in [2.45, 2.75) is 384 Å². The summed E-state index contributed by atoms with van der Waals surface area (Å²) < 4.78 is 64.1. The molecule has 5 saturated heterocycles. The van der Waals surface area contributed by atoms with Crippen LogP contribution >= 0.6 is 47.8 Å². The molecule has 0 amide bonds. The molecule has 0 bridgehead atoms. The molecule has 11 aliphatic rings. The van der Waals surface area contributed by atoms with Gasteiger partial charge in [-0.1, -0.05) is 216 Å². The molecule has 11 fully saturated rings. The normalized spacial score (nSPS) is 21.5. The van der Waals surface area contributed by atoms with Crippen LogP contribution in [0.1, 0.15) is 363 Å². The third kappa shape index (κ3) is 24.0. The Labute approximate surface area is 902 Å². The van der Waals surface area contributed by atoms with Gasteiger partial charge in [-0.25, -0.2) is 29.9 Å². The summed E-state index contributed by atoms with van der Waals surface area (Å²) in [5.74, 6) is 10.7. The van der Waals surface area contributed by atoms with E-state index in [1.165, 1.54) is 210 Å². The fourth-order valence-electron chi connectivity index (χ4n) is 21.9. The molecule has 6 saturated carbocycles. The third-order valence-electron chi connectivity index (χ3n) is 34.8. The first-order valence-electron chi connectivity index (χ1n) is 54.6. The monoisotopic (exact) mass is 2190 g/mol. The Balaban J connectivity index is 0.000000110. The Hall–Kier alpha value is -8.58. The summed E-state index contributed by atoms with van der Waals surface area (Å²) in [5.41, 5.74) is 13.4. The molecule has 8 aromatic carbocycles. The molecule has 0 spiro atoms. The Morgan fingerprint density at radius 1 is 0.230 bits per heavy atom. The molecule has 14 aromatic rings. The number of aromatic nitrogens is 12. The first-order chi connectivity index (χ1) is 70.4. The van der Waals surface area contributed by atoms with Gasteiger partial charge in [0.1, 0.15) is 34.9 Å². The van der Waals surface area contributed by atoms with E-state index >= 15 is 0 Å². The van der Waals surface area contributed by atoms with Crippen molar-refractivity contribution in [3.8, 4) is 45.0 Å². The van der Waals surface area contributed by atoms with Crippen molar-refractivity contribution >= 4 is 143 Å². The van der Waals surface area contributed by atoms with Gasteiger partial charge in [-0.3, -0.25) is 0 Å². The molecular weight excluding hydrogens is 2040 g/mol. The van der Waals surface area contributed by atoms with Crippen molar-refractivity contribution in [3.05, 3.63) is 231 Å². The lowest BCUT2D eigenvalue weighted by molar-refractivity contribution is 0.00578. The van der Waals surface area contributed by atoms with E-state index in [9.17, 15) is 0 Å². The third-order valence-corrected chi connectivity index (χ3v) is 36.3. The van der Waals surface area contributed by atoms with Gasteiger partial charge >= 0.3 is 35.4 Å². The van der Waals surface area contributed by atoms with E-state index in [0.29, 0.717) is 35.5 Å². The number of hydrogen-bond acceptors (Lipinski definition) is 16. The van der Waals surface area contributed by atoms with Crippen molar-refractivity contribution in [2.24, 2.45) is 0 Å². The first kappa shape index (κ1) is 108. The number of nitrogens with zero attached hydrogens (tertiary/aromatic N) is 6. The van der Waals surface area contributed by atoms with E-state index in [2.05, 4.69) is 337 Å². The van der Waals surface area contributed by atoms with E-state index in [1.807, 2.05) is 86.2 Å². The van der Waals surface area contributed by atoms with Crippen LogP contribution in [0.3, 0.4) is 0 Å². The molecule has 6 N–H and O–H groups in total. The Bertz CT molecular complexity index is 6800. The maximum Gasteiger partial charge on any atom is 0.494 e. The lowest BCUT2D eigenvalue weighted by Gasteiger charge is -2.32. The van der Waals surface area contributed by atoms with Crippen LogP contribution in [-0.2, 0) is 46.5 Å². The highest BCUT2D eigenvalue weighted by Gasteiger charge is 2.64. The summed E-state index contributed by atoms with van der Waals surface area (Å²) in [6.07, 6.45) is 39.1. The minimum absolute atomic E-state index is 0.310. The number of benzene rings is 8. The van der Waals surface area contributed by atoms with Crippen LogP contribution in [0.5, 0.6) is 0 Å². The zero-order valence-corrected chi connectivity index (χ0v) is 95.3. The second-order valence-corrected chi connectivity index (χ2v) is 50.7. The van der Waals surface area contributed by atoms with Crippen LogP contribution in [0.25, 0.3) is 88.6 Å². The second kappa shape index (κ2) is 43.8. The highest BCUT2D eigenvalue weighted by Crippen LogP contribution is 2.48. The fraction of sp³-hybridized carbons (Fsp3) is 0.508. The molecule has 0 radical (unpaired) electrons. The molecule has 11 heterocycles. The van der Waals surface area contributed by atoms with Gasteiger partial charge in [-0.05, 0) is 331 Å². The minimum Gasteiger partial charge on any atom is -0.405 e. The van der Waals surface area contributed by atoms with Gasteiger partial charge in [0.25, 0.3) is 0 Å². The Morgan fingerprint density at radius 2 is 0.466 bits per heavy atom. The molecule has 6 aromatic heterocycles. The summed E-state index contributed by atoms with van der Waals surface area (Å²) in [6, 6.07) is 55.2. The van der Waals surface area contributed by atoms with Crippen LogP contribution < -0.4 is 16.4 Å². The highest BCUT2D eigenvalue weighted by molar-refractivity contribution is 9.11. The molecule has 778 valence electrons. The maximum absolute atomic E-state index is 6.21. The number of hydrogen-bond donors (Lipinski definition) is 6. The van der Waals surface area contributed by atoms with Crippen molar-refractivity contribution in [2.75, 3.05) is 0 Å². The van der Waals surface area contributed by atoms with Gasteiger partial charge in [0, 0.05) is 60.1 Å². The van der Waals surface area contributed by atoms with Crippen molar-refractivity contribution in [1.29, 1.82) is 0 Å². The van der Waals surface area contributed by atoms with Crippen molar-refractivity contribution < 1.29 is 46.5 Å². The van der Waals surface area contributed by atoms with Gasteiger partial charge < -0.3 is 76.4 Å². The molecule has 0 atom stereocenters. The zero-order chi connectivity index (χ0) is 104. The summed E-state index contributed by atoms with van der Waals surface area (Å²) in [4.78, 5) is 48.9. The summed E-state index contributed by atoms with van der Waals surface area (Å²) in [5, 5.41) is 4.91. The molecule has 148 heavy (non-hydrogen) atoms. The van der Waals surface area contributed by atoms with Crippen molar-refractivity contribution in [3.63, 3.8) is 0 Å². The second-order valence-electron chi connectivity index (χ2n) is 48.0. The van der Waals surface area contributed by atoms with Gasteiger partial charge in [-0.15, -0.1) is 0 Å². The lowest BCUT2D eigenvalue weighted by Crippen LogP contribution is -2.41. The van der Waals surface area contributed by atoms with Crippen LogP contribution in [0, 0.1) is 0 Å². The predicted octanol–water partition coefficient (Wildman–Crippen LogP) is 29.1. The minimum atomic E-state index is -0.476. The predicted molar refractivity (Wildman–Crippen MR) is 613 cm³/mol. The SMILES string of the molecule is Brc1ccc(-c2cnc(C3CCCC3)[nH]2)cc1.Brc1ccc2cc(-c3cnc(C4CCCC4)[nH]3)ccc2c1.Brc1ccc2nc(C3CCCC3)[nH]c2c1.CC1(C)OB(B2OC(C)(C)C(C)(C)O2)OC1(C)C.CC1(C)OB(c2ccc(-c3cnc(C4CCCC4)[nH]3)cc2)OC1(C)C.CC1(C)OB(c2ccc3cc(-c4cnc(C5CCCC5)[nH]4)ccc3c2)OC1(C)C.CC1(C)OB(c2ccc3nc(C4CCCC4)[nH]c3c2)OC1(C)C. The number of nitrogens with one attached hydrogen (secondary N) is 6.